The summed E-state index contributed by atoms with van der Waals surface area (Å²) in [6, 6.07) is 20.6. The molecule has 1 unspecified atom stereocenters. The number of carbonyl (C=O) groups is 4. The summed E-state index contributed by atoms with van der Waals surface area (Å²) in [4.78, 5) is 51.9. The number of nitrogens with zero attached hydrogens (tertiary/aromatic N) is 2. The highest BCUT2D eigenvalue weighted by atomic mass is 32.2. The number of unbranched alkanes of at least 4 members (excludes halogenated alkanes) is 2. The molecule has 1 heterocycles. The standard InChI is InChI=1S/C35H43N5O7S/c1-4-5-9-19-36-34(43)31(38-35(44)32(37-25(2)41)21-26-11-7-6-8-12-26)22-28-13-10-14-29(20-28)39-24-33(42)40(48(39,45)46)23-27-15-17-30(47-3)18-16-27/h6-8,10-18,20,31-32H,4-5,9,19,21-24H2,1-3H3,(H,36,43)(H,37,41)(H,38,44)/t31-,32?/m0/s1. The molecule has 4 amide bonds. The lowest BCUT2D eigenvalue weighted by Gasteiger charge is -2.24. The Bertz CT molecular complexity index is 1680. The van der Waals surface area contributed by atoms with Crippen molar-refractivity contribution in [1.29, 1.82) is 0 Å². The van der Waals surface area contributed by atoms with Gasteiger partial charge in [0.05, 0.1) is 19.3 Å². The molecule has 0 aliphatic carbocycles. The van der Waals surface area contributed by atoms with Crippen molar-refractivity contribution in [2.75, 3.05) is 24.5 Å². The highest BCUT2D eigenvalue weighted by molar-refractivity contribution is 7.91. The smallest absolute Gasteiger partial charge is 0.329 e. The van der Waals surface area contributed by atoms with Gasteiger partial charge in [0.1, 0.15) is 24.4 Å². The van der Waals surface area contributed by atoms with Crippen molar-refractivity contribution in [2.24, 2.45) is 0 Å². The Hall–Kier alpha value is -4.91. The van der Waals surface area contributed by atoms with E-state index < -0.39 is 40.0 Å². The molecule has 1 fully saturated rings. The van der Waals surface area contributed by atoms with Crippen molar-refractivity contribution in [3.8, 4) is 5.75 Å². The summed E-state index contributed by atoms with van der Waals surface area (Å²) < 4.78 is 34.1. The minimum atomic E-state index is -4.20. The Morgan fingerprint density at radius 1 is 0.833 bits per heavy atom. The highest BCUT2D eigenvalue weighted by Crippen LogP contribution is 2.29. The van der Waals surface area contributed by atoms with Crippen LogP contribution in [0, 0.1) is 0 Å². The SMILES string of the molecule is CCCCCNC(=O)[C@H](Cc1cccc(N2CC(=O)N(Cc3ccc(OC)cc3)S2(=O)=O)c1)NC(=O)C(Cc1ccccc1)NC(C)=O. The van der Waals surface area contributed by atoms with Gasteiger partial charge in [-0.25, -0.2) is 8.61 Å². The second-order valence-electron chi connectivity index (χ2n) is 11.6. The van der Waals surface area contributed by atoms with E-state index in [1.54, 1.807) is 48.5 Å². The zero-order valence-electron chi connectivity index (χ0n) is 27.5. The van der Waals surface area contributed by atoms with Crippen LogP contribution in [0.1, 0.15) is 49.8 Å². The van der Waals surface area contributed by atoms with Crippen LogP contribution in [-0.2, 0) is 48.8 Å². The molecule has 0 bridgehead atoms. The number of rotatable bonds is 16. The third-order valence-electron chi connectivity index (χ3n) is 7.93. The Morgan fingerprint density at radius 2 is 1.50 bits per heavy atom. The Kier molecular flexibility index (Phi) is 12.6. The van der Waals surface area contributed by atoms with E-state index in [0.29, 0.717) is 23.4 Å². The number of amides is 4. The van der Waals surface area contributed by atoms with Crippen molar-refractivity contribution in [1.82, 2.24) is 20.3 Å². The first-order valence-electron chi connectivity index (χ1n) is 16.0. The summed E-state index contributed by atoms with van der Waals surface area (Å²) >= 11 is 0. The van der Waals surface area contributed by atoms with Crippen LogP contribution in [0.2, 0.25) is 0 Å². The van der Waals surface area contributed by atoms with Crippen molar-refractivity contribution >= 4 is 39.5 Å². The lowest BCUT2D eigenvalue weighted by Crippen LogP contribution is -2.55. The van der Waals surface area contributed by atoms with Gasteiger partial charge in [0.25, 0.3) is 5.91 Å². The normalized spacial score (nSPS) is 15.0. The number of nitrogens with one attached hydrogen (secondary N) is 3. The second-order valence-corrected chi connectivity index (χ2v) is 13.4. The van der Waals surface area contributed by atoms with Crippen LogP contribution in [0.25, 0.3) is 0 Å². The van der Waals surface area contributed by atoms with Crippen molar-refractivity contribution in [3.05, 3.63) is 95.6 Å². The second kappa shape index (κ2) is 16.8. The topological polar surface area (TPSA) is 154 Å². The maximum atomic E-state index is 13.6. The number of benzene rings is 3. The molecule has 48 heavy (non-hydrogen) atoms. The van der Waals surface area contributed by atoms with E-state index in [4.69, 9.17) is 4.74 Å². The van der Waals surface area contributed by atoms with Crippen LogP contribution in [0.4, 0.5) is 5.69 Å². The molecule has 0 spiro atoms. The van der Waals surface area contributed by atoms with Crippen molar-refractivity contribution in [3.63, 3.8) is 0 Å². The summed E-state index contributed by atoms with van der Waals surface area (Å²) in [6.45, 7) is 3.30. The minimum absolute atomic E-state index is 0.0364. The van der Waals surface area contributed by atoms with Crippen LogP contribution in [-0.4, -0.2) is 68.6 Å². The summed E-state index contributed by atoms with van der Waals surface area (Å²) in [5.74, 6) is -1.28. The van der Waals surface area contributed by atoms with Gasteiger partial charge in [-0.15, -0.1) is 0 Å². The van der Waals surface area contributed by atoms with Gasteiger partial charge in [-0.1, -0.05) is 74.4 Å². The zero-order valence-corrected chi connectivity index (χ0v) is 28.3. The van der Waals surface area contributed by atoms with Crippen LogP contribution >= 0.6 is 0 Å². The molecule has 13 heteroatoms. The first-order chi connectivity index (χ1) is 23.0. The number of hydrogen-bond donors (Lipinski definition) is 3. The largest absolute Gasteiger partial charge is 0.497 e. The van der Waals surface area contributed by atoms with E-state index in [1.165, 1.54) is 14.0 Å². The minimum Gasteiger partial charge on any atom is -0.497 e. The van der Waals surface area contributed by atoms with E-state index in [1.807, 2.05) is 30.3 Å². The van der Waals surface area contributed by atoms with Crippen LogP contribution in [0.3, 0.4) is 0 Å². The number of methoxy groups -OCH3 is 1. The predicted octanol–water partition coefficient (Wildman–Crippen LogP) is 2.87. The van der Waals surface area contributed by atoms with E-state index in [2.05, 4.69) is 22.9 Å². The van der Waals surface area contributed by atoms with Crippen LogP contribution in [0.5, 0.6) is 5.75 Å². The predicted molar refractivity (Wildman–Crippen MR) is 182 cm³/mol. The molecule has 3 N–H and O–H groups in total. The molecular weight excluding hydrogens is 634 g/mol. The van der Waals surface area contributed by atoms with Gasteiger partial charge >= 0.3 is 10.2 Å². The quantitative estimate of drug-likeness (QED) is 0.197. The average Bonchev–Trinajstić information content (AvgIpc) is 3.30. The molecular formula is C35H43N5O7S. The van der Waals surface area contributed by atoms with Gasteiger partial charge in [0.2, 0.25) is 17.7 Å². The summed E-state index contributed by atoms with van der Waals surface area (Å²) in [6.07, 6.45) is 2.93. The molecule has 0 aromatic heterocycles. The molecule has 4 rings (SSSR count). The number of anilines is 1. The van der Waals surface area contributed by atoms with E-state index in [0.717, 1.165) is 33.4 Å². The van der Waals surface area contributed by atoms with E-state index >= 15 is 0 Å². The summed E-state index contributed by atoms with van der Waals surface area (Å²) in [5, 5.41) is 8.39. The van der Waals surface area contributed by atoms with Gasteiger partial charge in [-0.05, 0) is 47.4 Å². The van der Waals surface area contributed by atoms with Gasteiger partial charge < -0.3 is 20.7 Å². The Morgan fingerprint density at radius 3 is 2.17 bits per heavy atom. The first kappa shape index (κ1) is 35.9. The molecule has 1 aliphatic rings. The molecule has 0 radical (unpaired) electrons. The van der Waals surface area contributed by atoms with Gasteiger partial charge in [0, 0.05) is 26.3 Å². The zero-order chi connectivity index (χ0) is 34.7. The van der Waals surface area contributed by atoms with Crippen LogP contribution in [0.15, 0.2) is 78.9 Å². The monoisotopic (exact) mass is 677 g/mol. The summed E-state index contributed by atoms with van der Waals surface area (Å²) in [5.41, 5.74) is 2.28. The first-order valence-corrected chi connectivity index (χ1v) is 17.4. The van der Waals surface area contributed by atoms with Gasteiger partial charge in [-0.2, -0.15) is 8.42 Å². The molecule has 2 atom stereocenters. The maximum Gasteiger partial charge on any atom is 0.329 e. The molecule has 3 aromatic carbocycles. The van der Waals surface area contributed by atoms with Crippen molar-refractivity contribution in [2.45, 2.75) is 64.6 Å². The maximum absolute atomic E-state index is 13.6. The Labute approximate surface area is 282 Å². The molecule has 1 aliphatic heterocycles. The number of hydrogen-bond acceptors (Lipinski definition) is 7. The fourth-order valence-corrected chi connectivity index (χ4v) is 6.91. The molecule has 12 nitrogen and oxygen atoms in total. The highest BCUT2D eigenvalue weighted by Gasteiger charge is 2.42. The Balaban J connectivity index is 1.54. The average molecular weight is 678 g/mol. The van der Waals surface area contributed by atoms with E-state index in [-0.39, 0.29) is 37.5 Å². The molecule has 256 valence electrons. The third kappa shape index (κ3) is 9.57. The fourth-order valence-electron chi connectivity index (χ4n) is 5.39. The van der Waals surface area contributed by atoms with Gasteiger partial charge in [0.15, 0.2) is 0 Å². The number of carbonyl (C=O) groups excluding carboxylic acids is 4. The van der Waals surface area contributed by atoms with Crippen LogP contribution < -0.4 is 25.0 Å². The van der Waals surface area contributed by atoms with E-state index in [9.17, 15) is 27.6 Å². The molecule has 0 saturated carbocycles. The third-order valence-corrected chi connectivity index (χ3v) is 9.71. The fraction of sp³-hybridized carbons (Fsp3) is 0.371. The van der Waals surface area contributed by atoms with Crippen molar-refractivity contribution < 1.29 is 32.3 Å². The number of ether oxygens (including phenoxy) is 1. The lowest BCUT2D eigenvalue weighted by atomic mass is 10.0. The molecule has 3 aromatic rings. The lowest BCUT2D eigenvalue weighted by molar-refractivity contribution is -0.131. The summed E-state index contributed by atoms with van der Waals surface area (Å²) in [7, 11) is -2.67. The van der Waals surface area contributed by atoms with Gasteiger partial charge in [-0.3, -0.25) is 19.2 Å². The molecule has 1 saturated heterocycles.